The molecule has 0 bridgehead atoms. The first-order valence-electron chi connectivity index (χ1n) is 8.08. The van der Waals surface area contributed by atoms with Gasteiger partial charge < -0.3 is 10.3 Å². The van der Waals surface area contributed by atoms with E-state index in [1.54, 1.807) is 6.07 Å². The first-order chi connectivity index (χ1) is 12.5. The average molecular weight is 356 g/mol. The minimum atomic E-state index is -0.707. The van der Waals surface area contributed by atoms with Gasteiger partial charge in [-0.25, -0.2) is 8.78 Å². The molecule has 0 radical (unpaired) electrons. The molecule has 0 spiro atoms. The Morgan fingerprint density at radius 1 is 1.08 bits per heavy atom. The fourth-order valence-electron chi connectivity index (χ4n) is 3.05. The van der Waals surface area contributed by atoms with Crippen LogP contribution in [-0.2, 0) is 6.42 Å². The van der Waals surface area contributed by atoms with E-state index in [4.69, 9.17) is 0 Å². The van der Waals surface area contributed by atoms with E-state index in [-0.39, 0.29) is 22.9 Å². The highest BCUT2D eigenvalue weighted by Crippen LogP contribution is 2.24. The van der Waals surface area contributed by atoms with E-state index in [2.05, 4.69) is 20.5 Å². The van der Waals surface area contributed by atoms with Gasteiger partial charge in [-0.2, -0.15) is 5.10 Å². The number of carbonyl (C=O) groups is 2. The largest absolute Gasteiger partial charge is 0.354 e. The van der Waals surface area contributed by atoms with Crippen LogP contribution in [0.1, 0.15) is 39.4 Å². The number of aromatic nitrogens is 3. The summed E-state index contributed by atoms with van der Waals surface area (Å²) in [4.78, 5) is 27.2. The maximum atomic E-state index is 13.3. The summed E-state index contributed by atoms with van der Waals surface area (Å²) < 4.78 is 26.6. The summed E-state index contributed by atoms with van der Waals surface area (Å²) in [5.41, 5.74) is 2.23. The average Bonchev–Trinajstić information content (AvgIpc) is 3.21. The van der Waals surface area contributed by atoms with Gasteiger partial charge in [0.1, 0.15) is 17.3 Å². The minimum absolute atomic E-state index is 0.0248. The number of amides is 1. The zero-order valence-corrected chi connectivity index (χ0v) is 13.5. The second kappa shape index (κ2) is 6.21. The molecule has 3 aromatic rings. The smallest absolute Gasteiger partial charge is 0.273 e. The van der Waals surface area contributed by atoms with Gasteiger partial charge in [0.15, 0.2) is 11.6 Å². The summed E-state index contributed by atoms with van der Waals surface area (Å²) >= 11 is 0. The predicted octanol–water partition coefficient (Wildman–Crippen LogP) is 3.45. The summed E-state index contributed by atoms with van der Waals surface area (Å²) in [5, 5.41) is 9.15. The maximum Gasteiger partial charge on any atom is 0.273 e. The van der Waals surface area contributed by atoms with Crippen LogP contribution in [0, 0.1) is 11.6 Å². The van der Waals surface area contributed by atoms with Gasteiger partial charge in [-0.3, -0.25) is 14.7 Å². The molecular weight excluding hydrogens is 342 g/mol. The quantitative estimate of drug-likeness (QED) is 0.671. The van der Waals surface area contributed by atoms with Crippen LogP contribution in [0.15, 0.2) is 30.3 Å². The number of fused-ring (bicyclic) bond motifs is 1. The fourth-order valence-corrected chi connectivity index (χ4v) is 3.05. The molecule has 8 heteroatoms. The first kappa shape index (κ1) is 16.2. The highest BCUT2D eigenvalue weighted by molar-refractivity contribution is 6.06. The molecule has 3 N–H and O–H groups in total. The number of hydrogen-bond donors (Lipinski definition) is 3. The predicted molar refractivity (Wildman–Crippen MR) is 90.0 cm³/mol. The first-order valence-corrected chi connectivity index (χ1v) is 8.08. The number of Topliss-reactive ketones (excluding diaryl/α,β-unsaturated/α-hetero) is 1. The van der Waals surface area contributed by atoms with Gasteiger partial charge in [-0.15, -0.1) is 0 Å². The number of hydrogen-bond acceptors (Lipinski definition) is 3. The van der Waals surface area contributed by atoms with Crippen molar-refractivity contribution in [3.05, 3.63) is 58.9 Å². The van der Waals surface area contributed by atoms with E-state index in [1.165, 1.54) is 6.07 Å². The summed E-state index contributed by atoms with van der Waals surface area (Å²) in [7, 11) is 0. The van der Waals surface area contributed by atoms with Crippen molar-refractivity contribution in [2.45, 2.75) is 19.3 Å². The van der Waals surface area contributed by atoms with Crippen molar-refractivity contribution >= 4 is 17.5 Å². The molecule has 1 amide bonds. The van der Waals surface area contributed by atoms with E-state index < -0.39 is 17.5 Å². The van der Waals surface area contributed by atoms with Crippen molar-refractivity contribution in [2.24, 2.45) is 0 Å². The third-order valence-corrected chi connectivity index (χ3v) is 4.27. The SMILES string of the molecule is O=C(Nc1cc(-c2cc(F)cc(F)c2)[nH]n1)c1cc2c([nH]1)CCCC2=O. The molecule has 0 fully saturated rings. The maximum absolute atomic E-state index is 13.3. The standard InChI is InChI=1S/C18H14F2N4O2/c19-10-4-9(5-11(20)6-10)14-8-17(24-23-14)22-18(26)15-7-12-13(21-15)2-1-3-16(12)25/h4-8,21H,1-3H2,(H2,22,23,24,26). The lowest BCUT2D eigenvalue weighted by Crippen LogP contribution is -2.12. The lowest BCUT2D eigenvalue weighted by Gasteiger charge is -2.08. The Hall–Kier alpha value is -3.29. The van der Waals surface area contributed by atoms with Crippen molar-refractivity contribution in [3.8, 4) is 11.3 Å². The van der Waals surface area contributed by atoms with Crippen LogP contribution in [0.3, 0.4) is 0 Å². The second-order valence-electron chi connectivity index (χ2n) is 6.13. The van der Waals surface area contributed by atoms with Gasteiger partial charge in [0.05, 0.1) is 5.69 Å². The van der Waals surface area contributed by atoms with Gasteiger partial charge in [0.2, 0.25) is 0 Å². The van der Waals surface area contributed by atoms with Gasteiger partial charge in [-0.1, -0.05) is 0 Å². The zero-order valence-electron chi connectivity index (χ0n) is 13.5. The highest BCUT2D eigenvalue weighted by atomic mass is 19.1. The van der Waals surface area contributed by atoms with Crippen LogP contribution in [0.4, 0.5) is 14.6 Å². The monoisotopic (exact) mass is 356 g/mol. The molecule has 2 heterocycles. The van der Waals surface area contributed by atoms with Crippen molar-refractivity contribution in [1.29, 1.82) is 0 Å². The Bertz CT molecular complexity index is 1000. The summed E-state index contributed by atoms with van der Waals surface area (Å²) in [6.07, 6.45) is 1.98. The van der Waals surface area contributed by atoms with Crippen LogP contribution >= 0.6 is 0 Å². The lowest BCUT2D eigenvalue weighted by atomic mass is 9.97. The molecule has 4 rings (SSSR count). The van der Waals surface area contributed by atoms with Crippen LogP contribution in [-0.4, -0.2) is 26.9 Å². The topological polar surface area (TPSA) is 90.6 Å². The van der Waals surface area contributed by atoms with Gasteiger partial charge in [0.25, 0.3) is 5.91 Å². The Balaban J connectivity index is 1.54. The van der Waals surface area contributed by atoms with E-state index in [1.807, 2.05) is 0 Å². The molecule has 0 aliphatic heterocycles. The molecular formula is C18H14F2N4O2. The number of anilines is 1. The molecule has 26 heavy (non-hydrogen) atoms. The Kier molecular flexibility index (Phi) is 3.87. The Labute approximate surface area is 146 Å². The van der Waals surface area contributed by atoms with Crippen LogP contribution in [0.2, 0.25) is 0 Å². The van der Waals surface area contributed by atoms with Crippen LogP contribution < -0.4 is 5.32 Å². The number of aromatic amines is 2. The number of nitrogens with one attached hydrogen (secondary N) is 3. The number of benzene rings is 1. The summed E-state index contributed by atoms with van der Waals surface area (Å²) in [6.45, 7) is 0. The van der Waals surface area contributed by atoms with E-state index in [0.717, 1.165) is 36.7 Å². The van der Waals surface area contributed by atoms with Crippen molar-refractivity contribution < 1.29 is 18.4 Å². The number of halogens is 2. The third-order valence-electron chi connectivity index (χ3n) is 4.27. The van der Waals surface area contributed by atoms with Crippen molar-refractivity contribution in [2.75, 3.05) is 5.32 Å². The summed E-state index contributed by atoms with van der Waals surface area (Å²) in [6, 6.07) is 6.11. The van der Waals surface area contributed by atoms with Gasteiger partial charge in [-0.05, 0) is 31.0 Å². The number of H-pyrrole nitrogens is 2. The molecule has 0 unspecified atom stereocenters. The lowest BCUT2D eigenvalue weighted by molar-refractivity contribution is 0.0972. The number of aryl methyl sites for hydroxylation is 1. The Morgan fingerprint density at radius 3 is 2.58 bits per heavy atom. The van der Waals surface area contributed by atoms with Gasteiger partial charge in [0, 0.05) is 35.4 Å². The summed E-state index contributed by atoms with van der Waals surface area (Å²) in [5.74, 6) is -1.63. The molecule has 2 aromatic heterocycles. The zero-order chi connectivity index (χ0) is 18.3. The molecule has 0 atom stereocenters. The normalized spacial score (nSPS) is 13.5. The number of nitrogens with zero attached hydrogens (tertiary/aromatic N) is 1. The molecule has 1 aliphatic rings. The minimum Gasteiger partial charge on any atom is -0.354 e. The van der Waals surface area contributed by atoms with Gasteiger partial charge >= 0.3 is 0 Å². The van der Waals surface area contributed by atoms with Crippen molar-refractivity contribution in [1.82, 2.24) is 15.2 Å². The van der Waals surface area contributed by atoms with Crippen LogP contribution in [0.25, 0.3) is 11.3 Å². The van der Waals surface area contributed by atoms with Crippen LogP contribution in [0.5, 0.6) is 0 Å². The number of carbonyl (C=O) groups excluding carboxylic acids is 2. The molecule has 1 aliphatic carbocycles. The second-order valence-corrected chi connectivity index (χ2v) is 6.13. The molecule has 0 saturated heterocycles. The van der Waals surface area contributed by atoms with Crippen molar-refractivity contribution in [3.63, 3.8) is 0 Å². The molecule has 6 nitrogen and oxygen atoms in total. The molecule has 1 aromatic carbocycles. The Morgan fingerprint density at radius 2 is 1.85 bits per heavy atom. The van der Waals surface area contributed by atoms with E-state index >= 15 is 0 Å². The molecule has 132 valence electrons. The third kappa shape index (κ3) is 3.01. The number of ketones is 1. The highest BCUT2D eigenvalue weighted by Gasteiger charge is 2.22. The number of rotatable bonds is 3. The van der Waals surface area contributed by atoms with E-state index in [9.17, 15) is 18.4 Å². The molecule has 0 saturated carbocycles. The fraction of sp³-hybridized carbons (Fsp3) is 0.167. The van der Waals surface area contributed by atoms with E-state index in [0.29, 0.717) is 17.7 Å².